The number of nitrogens with one attached hydrogen (secondary N) is 1. The molecule has 0 amide bonds. The zero-order chi connectivity index (χ0) is 20.8. The highest BCUT2D eigenvalue weighted by atomic mass is 79.9. The molecular formula is C24H29BrN6. The number of likely N-dealkylation sites (tertiary alicyclic amines) is 1. The molecular weight excluding hydrogens is 452 g/mol. The largest absolute Gasteiger partial charge is 0.366 e. The topological polar surface area (TPSA) is 58.4 Å². The Bertz CT molecular complexity index is 1060. The Labute approximate surface area is 191 Å². The van der Waals surface area contributed by atoms with E-state index in [1.165, 1.54) is 57.3 Å². The Hall–Kier alpha value is -1.99. The van der Waals surface area contributed by atoms with Crippen LogP contribution in [0.2, 0.25) is 0 Å². The summed E-state index contributed by atoms with van der Waals surface area (Å²) in [5.74, 6) is 3.50. The highest BCUT2D eigenvalue weighted by molar-refractivity contribution is 9.10. The molecule has 6 rings (SSSR count). The smallest absolute Gasteiger partial charge is 0.171 e. The maximum Gasteiger partial charge on any atom is 0.171 e. The molecule has 4 heterocycles. The molecule has 0 spiro atoms. The Kier molecular flexibility index (Phi) is 5.19. The molecule has 2 bridgehead atoms. The van der Waals surface area contributed by atoms with Crippen LogP contribution in [-0.4, -0.2) is 43.6 Å². The standard InChI is InChI=1S/C24H29BrN6/c25-20-15-28-31-23(27-14-17-2-1-7-26-13-17)12-21(29-24(20)31)18-5-8-30(9-6-18)22-11-16-3-4-19(22)10-16/h1-2,7,12-13,15-16,18-19,22,27H,3-6,8-11,14H2/t16-,19+,22?/m1/s1. The lowest BCUT2D eigenvalue weighted by molar-refractivity contribution is 0.110. The SMILES string of the molecule is Brc1cnn2c(NCc3cccnc3)cc(C3CCN(C4C[C@@H]5CC[C@H]4C5)CC3)nc12. The molecule has 1 saturated heterocycles. The van der Waals surface area contributed by atoms with Crippen molar-refractivity contribution in [3.63, 3.8) is 0 Å². The molecule has 3 atom stereocenters. The van der Waals surface area contributed by atoms with Crippen molar-refractivity contribution >= 4 is 27.4 Å². The monoisotopic (exact) mass is 480 g/mol. The predicted octanol–water partition coefficient (Wildman–Crippen LogP) is 4.87. The van der Waals surface area contributed by atoms with Crippen LogP contribution in [0.5, 0.6) is 0 Å². The number of nitrogens with zero attached hydrogens (tertiary/aromatic N) is 5. The second-order valence-corrected chi connectivity index (χ2v) is 10.4. The van der Waals surface area contributed by atoms with E-state index < -0.39 is 0 Å². The van der Waals surface area contributed by atoms with Crippen LogP contribution < -0.4 is 5.32 Å². The van der Waals surface area contributed by atoms with Crippen LogP contribution in [0, 0.1) is 11.8 Å². The molecule has 2 aliphatic carbocycles. The number of pyridine rings is 1. The van der Waals surface area contributed by atoms with Crippen LogP contribution in [0.15, 0.2) is 41.3 Å². The van der Waals surface area contributed by atoms with E-state index >= 15 is 0 Å². The average molecular weight is 481 g/mol. The van der Waals surface area contributed by atoms with Crippen molar-refractivity contribution in [3.8, 4) is 0 Å². The molecule has 31 heavy (non-hydrogen) atoms. The number of piperidine rings is 1. The molecule has 0 aromatic carbocycles. The van der Waals surface area contributed by atoms with E-state index in [1.54, 1.807) is 6.20 Å². The average Bonchev–Trinajstić information content (AvgIpc) is 3.55. The maximum absolute atomic E-state index is 5.02. The predicted molar refractivity (Wildman–Crippen MR) is 125 cm³/mol. The zero-order valence-electron chi connectivity index (χ0n) is 17.8. The third-order valence-corrected chi connectivity index (χ3v) is 8.32. The zero-order valence-corrected chi connectivity index (χ0v) is 19.3. The number of anilines is 1. The van der Waals surface area contributed by atoms with E-state index in [4.69, 9.17) is 4.98 Å². The summed E-state index contributed by atoms with van der Waals surface area (Å²) in [6.45, 7) is 3.14. The van der Waals surface area contributed by atoms with E-state index in [9.17, 15) is 0 Å². The molecule has 3 aromatic rings. The number of rotatable bonds is 5. The Morgan fingerprint density at radius 2 is 2.00 bits per heavy atom. The number of aromatic nitrogens is 4. The fraction of sp³-hybridized carbons (Fsp3) is 0.542. The van der Waals surface area contributed by atoms with Gasteiger partial charge in [0.2, 0.25) is 0 Å². The van der Waals surface area contributed by atoms with Crippen LogP contribution in [0.25, 0.3) is 5.65 Å². The highest BCUT2D eigenvalue weighted by Gasteiger charge is 2.43. The fourth-order valence-electron chi connectivity index (χ4n) is 6.17. The van der Waals surface area contributed by atoms with E-state index in [2.05, 4.69) is 48.4 Å². The summed E-state index contributed by atoms with van der Waals surface area (Å²) >= 11 is 3.64. The number of fused-ring (bicyclic) bond motifs is 3. The van der Waals surface area contributed by atoms with Gasteiger partial charge in [0.15, 0.2) is 5.65 Å². The molecule has 1 unspecified atom stereocenters. The van der Waals surface area contributed by atoms with Gasteiger partial charge in [0.25, 0.3) is 0 Å². The molecule has 2 saturated carbocycles. The quantitative estimate of drug-likeness (QED) is 0.564. The second-order valence-electron chi connectivity index (χ2n) is 9.56. The minimum Gasteiger partial charge on any atom is -0.366 e. The van der Waals surface area contributed by atoms with Gasteiger partial charge in [-0.2, -0.15) is 9.61 Å². The van der Waals surface area contributed by atoms with E-state index in [-0.39, 0.29) is 0 Å². The van der Waals surface area contributed by atoms with Crippen LogP contribution in [0.3, 0.4) is 0 Å². The van der Waals surface area contributed by atoms with E-state index in [1.807, 2.05) is 23.0 Å². The van der Waals surface area contributed by atoms with Gasteiger partial charge in [-0.15, -0.1) is 0 Å². The lowest BCUT2D eigenvalue weighted by atomic mass is 9.88. The molecule has 7 heteroatoms. The molecule has 0 radical (unpaired) electrons. The molecule has 6 nitrogen and oxygen atoms in total. The molecule has 1 aliphatic heterocycles. The number of halogens is 1. The van der Waals surface area contributed by atoms with Crippen molar-refractivity contribution in [2.75, 3.05) is 18.4 Å². The maximum atomic E-state index is 5.02. The summed E-state index contributed by atoms with van der Waals surface area (Å²) in [5.41, 5.74) is 3.23. The van der Waals surface area contributed by atoms with Crippen molar-refractivity contribution in [2.24, 2.45) is 11.8 Å². The van der Waals surface area contributed by atoms with Gasteiger partial charge >= 0.3 is 0 Å². The molecule has 3 aromatic heterocycles. The first-order valence-corrected chi connectivity index (χ1v) is 12.4. The summed E-state index contributed by atoms with van der Waals surface area (Å²) in [6.07, 6.45) is 13.8. The normalized spacial score (nSPS) is 26.7. The third-order valence-electron chi connectivity index (χ3n) is 7.76. The second kappa shape index (κ2) is 8.17. The summed E-state index contributed by atoms with van der Waals surface area (Å²) < 4.78 is 2.84. The molecule has 162 valence electrons. The summed E-state index contributed by atoms with van der Waals surface area (Å²) in [4.78, 5) is 12.0. The van der Waals surface area contributed by atoms with Crippen molar-refractivity contribution in [1.82, 2.24) is 24.5 Å². The minimum atomic E-state index is 0.514. The molecule has 3 fully saturated rings. The van der Waals surface area contributed by atoms with Gasteiger partial charge < -0.3 is 10.2 Å². The molecule has 1 N–H and O–H groups in total. The Morgan fingerprint density at radius 1 is 1.10 bits per heavy atom. The summed E-state index contributed by atoms with van der Waals surface area (Å²) in [6, 6.07) is 7.12. The van der Waals surface area contributed by atoms with Gasteiger partial charge in [0, 0.05) is 42.7 Å². The van der Waals surface area contributed by atoms with Crippen molar-refractivity contribution in [1.29, 1.82) is 0 Å². The van der Waals surface area contributed by atoms with Crippen LogP contribution in [0.4, 0.5) is 5.82 Å². The van der Waals surface area contributed by atoms with Crippen molar-refractivity contribution in [3.05, 3.63) is 52.5 Å². The van der Waals surface area contributed by atoms with Gasteiger partial charge in [-0.1, -0.05) is 12.5 Å². The van der Waals surface area contributed by atoms with Crippen LogP contribution in [0.1, 0.15) is 55.7 Å². The first kappa shape index (κ1) is 19.7. The first-order chi connectivity index (χ1) is 15.2. The third kappa shape index (κ3) is 3.76. The van der Waals surface area contributed by atoms with Gasteiger partial charge in [-0.3, -0.25) is 4.98 Å². The fourth-order valence-corrected chi connectivity index (χ4v) is 6.52. The molecule has 3 aliphatic rings. The van der Waals surface area contributed by atoms with Crippen molar-refractivity contribution in [2.45, 2.75) is 57.0 Å². The Morgan fingerprint density at radius 3 is 2.74 bits per heavy atom. The summed E-state index contributed by atoms with van der Waals surface area (Å²) in [5, 5.41) is 8.08. The van der Waals surface area contributed by atoms with Gasteiger partial charge in [0.05, 0.1) is 10.7 Å². The lowest BCUT2D eigenvalue weighted by Crippen LogP contribution is -2.43. The number of hydrogen-bond donors (Lipinski definition) is 1. The van der Waals surface area contributed by atoms with Gasteiger partial charge in [-0.05, 0) is 84.6 Å². The number of hydrogen-bond acceptors (Lipinski definition) is 5. The lowest BCUT2D eigenvalue weighted by Gasteiger charge is -2.39. The highest BCUT2D eigenvalue weighted by Crippen LogP contribution is 2.47. The van der Waals surface area contributed by atoms with Gasteiger partial charge in [-0.25, -0.2) is 4.98 Å². The van der Waals surface area contributed by atoms with Crippen LogP contribution in [-0.2, 0) is 6.54 Å². The van der Waals surface area contributed by atoms with Crippen LogP contribution >= 0.6 is 15.9 Å². The summed E-state index contributed by atoms with van der Waals surface area (Å²) in [7, 11) is 0. The van der Waals surface area contributed by atoms with E-state index in [0.29, 0.717) is 12.5 Å². The van der Waals surface area contributed by atoms with Crippen molar-refractivity contribution < 1.29 is 0 Å². The van der Waals surface area contributed by atoms with E-state index in [0.717, 1.165) is 39.4 Å². The first-order valence-electron chi connectivity index (χ1n) is 11.7. The van der Waals surface area contributed by atoms with Gasteiger partial charge in [0.1, 0.15) is 5.82 Å². The Balaban J connectivity index is 1.20. The minimum absolute atomic E-state index is 0.514.